The van der Waals surface area contributed by atoms with Gasteiger partial charge >= 0.3 is 0 Å². The van der Waals surface area contributed by atoms with Gasteiger partial charge in [-0.25, -0.2) is 0 Å². The van der Waals surface area contributed by atoms with E-state index in [2.05, 4.69) is 50.2 Å². The van der Waals surface area contributed by atoms with Crippen LogP contribution in [0.25, 0.3) is 0 Å². The molecule has 0 unspecified atom stereocenters. The predicted octanol–water partition coefficient (Wildman–Crippen LogP) is 4.35. The molecule has 0 amide bonds. The van der Waals surface area contributed by atoms with Crippen molar-refractivity contribution >= 4 is 51.4 Å². The molecule has 0 fully saturated rings. The zero-order valence-electron chi connectivity index (χ0n) is 13.6. The molecule has 132 valence electrons. The highest BCUT2D eigenvalue weighted by Gasteiger charge is 2.20. The Morgan fingerprint density at radius 2 is 1.72 bits per heavy atom. The molecule has 2 aromatic rings. The lowest BCUT2D eigenvalue weighted by Crippen LogP contribution is -2.12. The molecule has 0 aliphatic heterocycles. The molecule has 0 bridgehead atoms. The van der Waals surface area contributed by atoms with Crippen LogP contribution in [0.3, 0.4) is 0 Å². The number of hydrogen-bond donors (Lipinski definition) is 0. The van der Waals surface area contributed by atoms with Crippen molar-refractivity contribution in [3.8, 4) is 11.5 Å². The Morgan fingerprint density at radius 3 is 2.32 bits per heavy atom. The van der Waals surface area contributed by atoms with Gasteiger partial charge in [0.05, 0.1) is 14.2 Å². The predicted molar refractivity (Wildman–Crippen MR) is 114 cm³/mol. The monoisotopic (exact) mass is 566 g/mol. The summed E-state index contributed by atoms with van der Waals surface area (Å²) in [5.41, 5.74) is 1.62. The first-order valence-electron chi connectivity index (χ1n) is 7.26. The van der Waals surface area contributed by atoms with Crippen molar-refractivity contribution in [1.82, 2.24) is 0 Å². The molecular weight excluding hydrogens is 550 g/mol. The van der Waals surface area contributed by atoms with Gasteiger partial charge in [-0.2, -0.15) is 0 Å². The number of nitro groups is 1. The van der Waals surface area contributed by atoms with E-state index in [1.54, 1.807) is 26.5 Å². The second kappa shape index (κ2) is 9.32. The van der Waals surface area contributed by atoms with Crippen LogP contribution in [-0.4, -0.2) is 31.9 Å². The standard InChI is InChI=1S/C17H16I2N2O4/c1-24-12-3-5-15(18)11(7-12)9-20-17(10-21(22)23)14-8-13(25-2)4-6-16(14)19/h3-9,17H,10H2,1-2H3/t17-/m1/s1. The van der Waals surface area contributed by atoms with Crippen LogP contribution in [0.5, 0.6) is 11.5 Å². The highest BCUT2D eigenvalue weighted by atomic mass is 127. The second-order valence-electron chi connectivity index (χ2n) is 5.08. The summed E-state index contributed by atoms with van der Waals surface area (Å²) in [7, 11) is 3.16. The number of ether oxygens (including phenoxy) is 2. The van der Waals surface area contributed by atoms with Crippen molar-refractivity contribution in [2.24, 2.45) is 4.99 Å². The third kappa shape index (κ3) is 5.53. The number of aliphatic imine (C=N–C) groups is 1. The summed E-state index contributed by atoms with van der Waals surface area (Å²) in [6, 6.07) is 10.5. The molecule has 0 heterocycles. The molecule has 0 aromatic heterocycles. The summed E-state index contributed by atoms with van der Waals surface area (Å²) in [6.45, 7) is -0.291. The summed E-state index contributed by atoms with van der Waals surface area (Å²) in [6.07, 6.45) is 1.66. The topological polar surface area (TPSA) is 74.0 Å². The highest BCUT2D eigenvalue weighted by Crippen LogP contribution is 2.28. The summed E-state index contributed by atoms with van der Waals surface area (Å²) in [5, 5.41) is 11.1. The van der Waals surface area contributed by atoms with Crippen molar-refractivity contribution in [3.63, 3.8) is 0 Å². The molecule has 2 aromatic carbocycles. The fraction of sp³-hybridized carbons (Fsp3) is 0.235. The normalized spacial score (nSPS) is 12.2. The highest BCUT2D eigenvalue weighted by molar-refractivity contribution is 14.1. The van der Waals surface area contributed by atoms with Crippen LogP contribution in [0, 0.1) is 17.3 Å². The molecule has 0 saturated heterocycles. The Hall–Kier alpha value is -1.43. The van der Waals surface area contributed by atoms with E-state index < -0.39 is 6.04 Å². The molecule has 0 radical (unpaired) electrons. The fourth-order valence-corrected chi connectivity index (χ4v) is 3.36. The van der Waals surface area contributed by atoms with Crippen LogP contribution in [0.1, 0.15) is 17.2 Å². The van der Waals surface area contributed by atoms with Crippen LogP contribution in [-0.2, 0) is 0 Å². The Kier molecular flexibility index (Phi) is 7.41. The van der Waals surface area contributed by atoms with Crippen LogP contribution < -0.4 is 9.47 Å². The van der Waals surface area contributed by atoms with Crippen molar-refractivity contribution in [3.05, 3.63) is 64.8 Å². The van der Waals surface area contributed by atoms with E-state index >= 15 is 0 Å². The largest absolute Gasteiger partial charge is 0.497 e. The van der Waals surface area contributed by atoms with Gasteiger partial charge in [0.1, 0.15) is 17.5 Å². The first-order chi connectivity index (χ1) is 11.9. The first-order valence-corrected chi connectivity index (χ1v) is 9.42. The fourth-order valence-electron chi connectivity index (χ4n) is 2.19. The molecule has 0 aliphatic rings. The third-order valence-electron chi connectivity index (χ3n) is 3.48. The van der Waals surface area contributed by atoms with Crippen molar-refractivity contribution in [2.75, 3.05) is 20.8 Å². The molecule has 0 saturated carbocycles. The maximum Gasteiger partial charge on any atom is 0.230 e. The summed E-state index contributed by atoms with van der Waals surface area (Å²) < 4.78 is 12.4. The number of nitrogens with zero attached hydrogens (tertiary/aromatic N) is 2. The maximum atomic E-state index is 11.1. The second-order valence-corrected chi connectivity index (χ2v) is 7.41. The zero-order valence-corrected chi connectivity index (χ0v) is 17.9. The Labute approximate surface area is 173 Å². The summed E-state index contributed by atoms with van der Waals surface area (Å²) in [4.78, 5) is 15.2. The molecule has 25 heavy (non-hydrogen) atoms. The number of halogens is 2. The summed E-state index contributed by atoms with van der Waals surface area (Å²) in [5.74, 6) is 1.36. The first kappa shape index (κ1) is 19.9. The van der Waals surface area contributed by atoms with Gasteiger partial charge in [-0.05, 0) is 81.6 Å². The lowest BCUT2D eigenvalue weighted by molar-refractivity contribution is -0.483. The average molecular weight is 566 g/mol. The Bertz CT molecular complexity index is 796. The average Bonchev–Trinajstić information content (AvgIpc) is 2.60. The van der Waals surface area contributed by atoms with Crippen LogP contribution in [0.4, 0.5) is 0 Å². The zero-order chi connectivity index (χ0) is 18.4. The van der Waals surface area contributed by atoms with E-state index in [1.165, 1.54) is 0 Å². The van der Waals surface area contributed by atoms with E-state index in [1.807, 2.05) is 30.3 Å². The van der Waals surface area contributed by atoms with E-state index in [4.69, 9.17) is 9.47 Å². The molecule has 1 atom stereocenters. The SMILES string of the molecule is COc1ccc(I)c(C=N[C@H](C[N+](=O)[O-])c2cc(OC)ccc2I)c1. The Balaban J connectivity index is 2.40. The van der Waals surface area contributed by atoms with Gasteiger partial charge in [-0.3, -0.25) is 15.1 Å². The van der Waals surface area contributed by atoms with Crippen LogP contribution in [0.2, 0.25) is 0 Å². The van der Waals surface area contributed by atoms with E-state index in [-0.39, 0.29) is 11.5 Å². The molecule has 0 spiro atoms. The number of methoxy groups -OCH3 is 2. The van der Waals surface area contributed by atoms with Crippen LogP contribution in [0.15, 0.2) is 41.4 Å². The number of benzene rings is 2. The van der Waals surface area contributed by atoms with Crippen molar-refractivity contribution in [1.29, 1.82) is 0 Å². The van der Waals surface area contributed by atoms with Crippen molar-refractivity contribution < 1.29 is 14.4 Å². The number of rotatable bonds is 7. The minimum absolute atomic E-state index is 0.291. The number of hydrogen-bond acceptors (Lipinski definition) is 5. The molecule has 6 nitrogen and oxygen atoms in total. The summed E-state index contributed by atoms with van der Waals surface area (Å²) >= 11 is 4.35. The molecule has 8 heteroatoms. The molecule has 0 N–H and O–H groups in total. The van der Waals surface area contributed by atoms with Gasteiger partial charge in [0.2, 0.25) is 6.54 Å². The smallest absolute Gasteiger partial charge is 0.230 e. The maximum absolute atomic E-state index is 11.1. The van der Waals surface area contributed by atoms with Gasteiger partial charge < -0.3 is 9.47 Å². The molecule has 0 aliphatic carbocycles. The van der Waals surface area contributed by atoms with Gasteiger partial charge in [0.25, 0.3) is 0 Å². The van der Waals surface area contributed by atoms with E-state index in [0.29, 0.717) is 11.5 Å². The van der Waals surface area contributed by atoms with Gasteiger partial charge in [-0.1, -0.05) is 0 Å². The molecular formula is C17H16I2N2O4. The van der Waals surface area contributed by atoms with Crippen molar-refractivity contribution in [2.45, 2.75) is 6.04 Å². The minimum atomic E-state index is -0.598. The minimum Gasteiger partial charge on any atom is -0.497 e. The van der Waals surface area contributed by atoms with Crippen LogP contribution >= 0.6 is 45.2 Å². The third-order valence-corrected chi connectivity index (χ3v) is 5.45. The van der Waals surface area contributed by atoms with Gasteiger partial charge in [0, 0.05) is 29.4 Å². The van der Waals surface area contributed by atoms with Gasteiger partial charge in [0.15, 0.2) is 0 Å². The van der Waals surface area contributed by atoms with E-state index in [0.717, 1.165) is 18.3 Å². The Morgan fingerprint density at radius 1 is 1.12 bits per heavy atom. The van der Waals surface area contributed by atoms with Gasteiger partial charge in [-0.15, -0.1) is 0 Å². The van der Waals surface area contributed by atoms with E-state index in [9.17, 15) is 10.1 Å². The quantitative estimate of drug-likeness (QED) is 0.216. The lowest BCUT2D eigenvalue weighted by atomic mass is 10.1. The lowest BCUT2D eigenvalue weighted by Gasteiger charge is -2.13. The molecule has 2 rings (SSSR count).